The Balaban J connectivity index is 1.50. The van der Waals surface area contributed by atoms with E-state index in [1.54, 1.807) is 12.1 Å². The van der Waals surface area contributed by atoms with Gasteiger partial charge in [0.1, 0.15) is 0 Å². The van der Waals surface area contributed by atoms with Crippen LogP contribution in [-0.2, 0) is 18.8 Å². The number of hydrogen-bond acceptors (Lipinski definition) is 6. The van der Waals surface area contributed by atoms with E-state index in [9.17, 15) is 31.1 Å². The maximum Gasteiger partial charge on any atom is 0.416 e. The van der Waals surface area contributed by atoms with Gasteiger partial charge in [0.15, 0.2) is 5.82 Å². The lowest BCUT2D eigenvalue weighted by atomic mass is 9.98. The molecule has 5 rings (SSSR count). The number of benzene rings is 3. The summed E-state index contributed by atoms with van der Waals surface area (Å²) in [6.07, 6.45) is -9.41. The minimum atomic E-state index is -5.08. The van der Waals surface area contributed by atoms with Gasteiger partial charge in [0, 0.05) is 44.4 Å². The first-order valence-corrected chi connectivity index (χ1v) is 15.8. The summed E-state index contributed by atoms with van der Waals surface area (Å²) in [6, 6.07) is 13.6. The molecule has 1 aliphatic heterocycles. The van der Waals surface area contributed by atoms with Crippen molar-refractivity contribution >= 4 is 34.8 Å². The first-order valence-electron chi connectivity index (χ1n) is 15.0. The molecule has 1 amide bonds. The average Bonchev–Trinajstić information content (AvgIpc) is 3.56. The van der Waals surface area contributed by atoms with E-state index in [1.165, 1.54) is 11.9 Å². The fourth-order valence-electron chi connectivity index (χ4n) is 6.03. The van der Waals surface area contributed by atoms with E-state index < -0.39 is 41.1 Å². The molecular weight excluding hydrogens is 683 g/mol. The van der Waals surface area contributed by atoms with E-state index in [4.69, 9.17) is 23.2 Å². The molecular formula is C32H31Cl2F6N7O. The van der Waals surface area contributed by atoms with E-state index in [2.05, 4.69) is 25.5 Å². The number of aromatic amines is 1. The van der Waals surface area contributed by atoms with Crippen LogP contribution < -0.4 is 4.90 Å². The molecule has 48 heavy (non-hydrogen) atoms. The number of tetrazole rings is 1. The number of carbonyl (C=O) groups is 1. The van der Waals surface area contributed by atoms with Crippen LogP contribution in [0.5, 0.6) is 0 Å². The summed E-state index contributed by atoms with van der Waals surface area (Å²) >= 11 is 12.7. The summed E-state index contributed by atoms with van der Waals surface area (Å²) < 4.78 is 81.6. The Morgan fingerprint density at radius 3 is 2.27 bits per heavy atom. The van der Waals surface area contributed by atoms with Crippen LogP contribution in [0.2, 0.25) is 10.0 Å². The zero-order valence-electron chi connectivity index (χ0n) is 25.8. The third-order valence-electron chi connectivity index (χ3n) is 8.35. The van der Waals surface area contributed by atoms with Crippen LogP contribution in [0, 0.1) is 0 Å². The SMILES string of the molecule is CCC[C@@H](N1CCN(c2ccccc2Cc2nn[nH]n2)[C@@H](c2ccc(Cl)c(Cl)c2)C1)N(C)C(=O)c1cc(C(F)(F)F)cc(C(F)(F)F)c1. The van der Waals surface area contributed by atoms with Gasteiger partial charge in [-0.1, -0.05) is 66.0 Å². The molecule has 1 N–H and O–H groups in total. The van der Waals surface area contributed by atoms with E-state index in [1.807, 2.05) is 42.2 Å². The smallest absolute Gasteiger partial charge is 0.362 e. The lowest BCUT2D eigenvalue weighted by Gasteiger charge is -2.48. The lowest BCUT2D eigenvalue weighted by molar-refractivity contribution is -0.143. The summed E-state index contributed by atoms with van der Waals surface area (Å²) in [4.78, 5) is 19.1. The Bertz CT molecular complexity index is 1700. The van der Waals surface area contributed by atoms with Gasteiger partial charge in [-0.15, -0.1) is 10.2 Å². The fraction of sp³-hybridized carbons (Fsp3) is 0.375. The van der Waals surface area contributed by atoms with Crippen LogP contribution in [0.1, 0.15) is 64.2 Å². The first-order chi connectivity index (χ1) is 22.7. The molecule has 0 radical (unpaired) electrons. The zero-order chi connectivity index (χ0) is 34.8. The highest BCUT2D eigenvalue weighted by atomic mass is 35.5. The van der Waals surface area contributed by atoms with Crippen molar-refractivity contribution in [1.82, 2.24) is 30.4 Å². The zero-order valence-corrected chi connectivity index (χ0v) is 27.3. The summed E-state index contributed by atoms with van der Waals surface area (Å²) in [7, 11) is 1.40. The number of hydrogen-bond donors (Lipinski definition) is 1. The number of nitrogens with one attached hydrogen (secondary N) is 1. The second-order valence-electron chi connectivity index (χ2n) is 11.5. The van der Waals surface area contributed by atoms with Crippen molar-refractivity contribution < 1.29 is 31.1 Å². The summed E-state index contributed by atoms with van der Waals surface area (Å²) in [5, 5.41) is 15.0. The van der Waals surface area contributed by atoms with E-state index in [0.717, 1.165) is 16.8 Å². The maximum absolute atomic E-state index is 13.7. The van der Waals surface area contributed by atoms with Gasteiger partial charge >= 0.3 is 12.4 Å². The van der Waals surface area contributed by atoms with E-state index >= 15 is 0 Å². The van der Waals surface area contributed by atoms with Crippen molar-refractivity contribution in [1.29, 1.82) is 0 Å². The number of para-hydroxylation sites is 1. The number of nitrogens with zero attached hydrogens (tertiary/aromatic N) is 6. The Morgan fingerprint density at radius 2 is 1.67 bits per heavy atom. The molecule has 2 heterocycles. The monoisotopic (exact) mass is 713 g/mol. The molecule has 16 heteroatoms. The van der Waals surface area contributed by atoms with Gasteiger partial charge in [-0.05, 0) is 53.9 Å². The average molecular weight is 715 g/mol. The second-order valence-corrected chi connectivity index (χ2v) is 12.3. The standard InChI is InChI=1S/C32H31Cl2F6N7O/c1-3-6-29(45(2)30(48)21-13-22(31(35,36)37)17-23(14-21)32(38,39)40)46-11-12-47(27(18-46)20-9-10-24(33)25(34)15-20)26-8-5-4-7-19(26)16-28-41-43-44-42-28/h4-5,7-10,13-15,17,27,29H,3,6,11-12,16,18H2,1-2H3,(H,41,42,43,44)/t27-,29-/m1/s1. The van der Waals surface area contributed by atoms with Crippen molar-refractivity contribution in [2.45, 2.75) is 50.7 Å². The summed E-state index contributed by atoms with van der Waals surface area (Å²) in [6.45, 7) is 3.11. The van der Waals surface area contributed by atoms with Crippen molar-refractivity contribution in [2.24, 2.45) is 0 Å². The minimum absolute atomic E-state index is 0.0118. The number of amides is 1. The number of aromatic nitrogens is 4. The first kappa shape index (κ1) is 35.4. The second kappa shape index (κ2) is 14.3. The predicted octanol–water partition coefficient (Wildman–Crippen LogP) is 7.90. The fourth-order valence-corrected chi connectivity index (χ4v) is 6.34. The van der Waals surface area contributed by atoms with Crippen molar-refractivity contribution in [3.05, 3.63) is 104 Å². The minimum Gasteiger partial charge on any atom is -0.362 e. The van der Waals surface area contributed by atoms with Gasteiger partial charge in [0.05, 0.1) is 33.4 Å². The largest absolute Gasteiger partial charge is 0.416 e. The van der Waals surface area contributed by atoms with Gasteiger partial charge in [0.2, 0.25) is 0 Å². The molecule has 3 aromatic carbocycles. The van der Waals surface area contributed by atoms with Crippen molar-refractivity contribution in [3.63, 3.8) is 0 Å². The molecule has 256 valence electrons. The number of piperazine rings is 1. The highest BCUT2D eigenvalue weighted by molar-refractivity contribution is 6.42. The van der Waals surface area contributed by atoms with Crippen LogP contribution in [-0.4, -0.2) is 69.2 Å². The highest BCUT2D eigenvalue weighted by Crippen LogP contribution is 2.39. The number of anilines is 1. The number of alkyl halides is 6. The molecule has 0 bridgehead atoms. The number of H-pyrrole nitrogens is 1. The van der Waals surface area contributed by atoms with Crippen LogP contribution in [0.4, 0.5) is 32.0 Å². The van der Waals surface area contributed by atoms with Gasteiger partial charge in [-0.2, -0.15) is 31.6 Å². The van der Waals surface area contributed by atoms with Crippen LogP contribution in [0.15, 0.2) is 60.7 Å². The molecule has 8 nitrogen and oxygen atoms in total. The Labute approximate surface area is 282 Å². The normalized spacial score (nSPS) is 16.6. The molecule has 0 saturated carbocycles. The molecule has 1 saturated heterocycles. The number of carbonyl (C=O) groups excluding carboxylic acids is 1. The molecule has 2 atom stereocenters. The Morgan fingerprint density at radius 1 is 0.979 bits per heavy atom. The quantitative estimate of drug-likeness (QED) is 0.178. The number of rotatable bonds is 9. The molecule has 0 spiro atoms. The van der Waals surface area contributed by atoms with E-state index in [-0.39, 0.29) is 12.1 Å². The Hall–Kier alpha value is -3.88. The molecule has 4 aromatic rings. The van der Waals surface area contributed by atoms with Gasteiger partial charge in [-0.25, -0.2) is 0 Å². The predicted molar refractivity (Wildman–Crippen MR) is 169 cm³/mol. The maximum atomic E-state index is 13.7. The molecule has 0 aliphatic carbocycles. The van der Waals surface area contributed by atoms with E-state index in [0.29, 0.717) is 66.9 Å². The lowest BCUT2D eigenvalue weighted by Crippen LogP contribution is -2.57. The molecule has 0 unspecified atom stereocenters. The van der Waals surface area contributed by atoms with Gasteiger partial charge in [-0.3, -0.25) is 9.69 Å². The highest BCUT2D eigenvalue weighted by Gasteiger charge is 2.39. The van der Waals surface area contributed by atoms with Crippen LogP contribution >= 0.6 is 23.2 Å². The van der Waals surface area contributed by atoms with Crippen LogP contribution in [0.3, 0.4) is 0 Å². The number of halogens is 8. The van der Waals surface area contributed by atoms with Gasteiger partial charge in [0.25, 0.3) is 5.91 Å². The summed E-state index contributed by atoms with van der Waals surface area (Å²) in [5.41, 5.74) is -1.14. The third kappa shape index (κ3) is 7.87. The topological polar surface area (TPSA) is 81.2 Å². The molecule has 1 aliphatic rings. The van der Waals surface area contributed by atoms with Crippen molar-refractivity contribution in [2.75, 3.05) is 31.6 Å². The third-order valence-corrected chi connectivity index (χ3v) is 9.09. The molecule has 1 aromatic heterocycles. The van der Waals surface area contributed by atoms with Gasteiger partial charge < -0.3 is 9.80 Å². The van der Waals surface area contributed by atoms with Crippen LogP contribution in [0.25, 0.3) is 0 Å². The van der Waals surface area contributed by atoms with Crippen molar-refractivity contribution in [3.8, 4) is 0 Å². The molecule has 1 fully saturated rings. The summed E-state index contributed by atoms with van der Waals surface area (Å²) in [5.74, 6) is -0.456. The Kier molecular flexibility index (Phi) is 10.6.